The molecule has 0 spiro atoms. The SMILES string of the molecule is Nc1nc(CC(=O)N/N=C/c2ccc(Br)o2)cs1. The molecular weight excluding hydrogens is 320 g/mol. The van der Waals surface area contributed by atoms with Crippen molar-refractivity contribution in [2.45, 2.75) is 6.42 Å². The molecule has 0 aromatic carbocycles. The van der Waals surface area contributed by atoms with Gasteiger partial charge in [0.2, 0.25) is 5.91 Å². The van der Waals surface area contributed by atoms with E-state index in [0.717, 1.165) is 0 Å². The van der Waals surface area contributed by atoms with Crippen LogP contribution in [0.5, 0.6) is 0 Å². The number of carbonyl (C=O) groups is 1. The maximum Gasteiger partial charge on any atom is 0.246 e. The maximum absolute atomic E-state index is 11.5. The minimum atomic E-state index is -0.262. The Morgan fingerprint density at radius 1 is 1.67 bits per heavy atom. The van der Waals surface area contributed by atoms with Crippen molar-refractivity contribution in [3.05, 3.63) is 33.6 Å². The van der Waals surface area contributed by atoms with E-state index in [1.54, 1.807) is 17.5 Å². The summed E-state index contributed by atoms with van der Waals surface area (Å²) in [5.41, 5.74) is 8.47. The maximum atomic E-state index is 11.5. The van der Waals surface area contributed by atoms with Crippen molar-refractivity contribution in [2.24, 2.45) is 5.10 Å². The summed E-state index contributed by atoms with van der Waals surface area (Å²) in [4.78, 5) is 15.5. The van der Waals surface area contributed by atoms with Crippen molar-refractivity contribution in [3.63, 3.8) is 0 Å². The Kier molecular flexibility index (Phi) is 4.11. The van der Waals surface area contributed by atoms with Crippen molar-refractivity contribution < 1.29 is 9.21 Å². The second kappa shape index (κ2) is 5.78. The van der Waals surface area contributed by atoms with Crippen LogP contribution >= 0.6 is 27.3 Å². The van der Waals surface area contributed by atoms with Gasteiger partial charge in [-0.15, -0.1) is 11.3 Å². The number of carbonyl (C=O) groups excluding carboxylic acids is 1. The van der Waals surface area contributed by atoms with E-state index in [0.29, 0.717) is 21.3 Å². The van der Waals surface area contributed by atoms with Crippen molar-refractivity contribution >= 4 is 44.5 Å². The first-order valence-electron chi connectivity index (χ1n) is 4.90. The number of amides is 1. The molecule has 94 valence electrons. The first-order valence-corrected chi connectivity index (χ1v) is 6.58. The lowest BCUT2D eigenvalue weighted by Crippen LogP contribution is -2.19. The van der Waals surface area contributed by atoms with Crippen LogP contribution in [-0.2, 0) is 11.2 Å². The second-order valence-electron chi connectivity index (χ2n) is 3.29. The van der Waals surface area contributed by atoms with Gasteiger partial charge in [-0.25, -0.2) is 10.4 Å². The highest BCUT2D eigenvalue weighted by atomic mass is 79.9. The summed E-state index contributed by atoms with van der Waals surface area (Å²) >= 11 is 4.46. The smallest absolute Gasteiger partial charge is 0.246 e. The van der Waals surface area contributed by atoms with Gasteiger partial charge in [0.15, 0.2) is 9.80 Å². The molecule has 1 amide bonds. The molecule has 0 unspecified atom stereocenters. The number of aromatic nitrogens is 1. The minimum Gasteiger partial charge on any atom is -0.448 e. The van der Waals surface area contributed by atoms with E-state index in [4.69, 9.17) is 10.2 Å². The lowest BCUT2D eigenvalue weighted by Gasteiger charge is -1.95. The van der Waals surface area contributed by atoms with Crippen molar-refractivity contribution in [1.29, 1.82) is 0 Å². The van der Waals surface area contributed by atoms with Gasteiger partial charge in [-0.2, -0.15) is 5.10 Å². The quantitative estimate of drug-likeness (QED) is 0.660. The summed E-state index contributed by atoms with van der Waals surface area (Å²) in [6, 6.07) is 3.46. The van der Waals surface area contributed by atoms with Crippen LogP contribution in [0.4, 0.5) is 5.13 Å². The molecule has 0 aliphatic rings. The first kappa shape index (κ1) is 12.8. The molecule has 0 bridgehead atoms. The Balaban J connectivity index is 1.83. The van der Waals surface area contributed by atoms with Gasteiger partial charge >= 0.3 is 0 Å². The van der Waals surface area contributed by atoms with E-state index >= 15 is 0 Å². The number of anilines is 1. The third-order valence-corrected chi connectivity index (χ3v) is 3.04. The zero-order valence-electron chi connectivity index (χ0n) is 9.09. The summed E-state index contributed by atoms with van der Waals surface area (Å²) in [6.45, 7) is 0. The van der Waals surface area contributed by atoms with E-state index in [1.807, 2.05) is 0 Å². The van der Waals surface area contributed by atoms with Crippen molar-refractivity contribution in [3.8, 4) is 0 Å². The molecule has 0 atom stereocenters. The number of hydrogen-bond donors (Lipinski definition) is 2. The van der Waals surface area contributed by atoms with E-state index in [-0.39, 0.29) is 12.3 Å². The molecule has 0 fully saturated rings. The normalized spacial score (nSPS) is 10.9. The molecule has 0 saturated carbocycles. The molecule has 0 aliphatic carbocycles. The van der Waals surface area contributed by atoms with E-state index < -0.39 is 0 Å². The van der Waals surface area contributed by atoms with Crippen LogP contribution in [0.1, 0.15) is 11.5 Å². The summed E-state index contributed by atoms with van der Waals surface area (Å²) in [5, 5.41) is 5.95. The number of thiazole rings is 1. The average molecular weight is 329 g/mol. The lowest BCUT2D eigenvalue weighted by molar-refractivity contribution is -0.120. The Morgan fingerprint density at radius 3 is 3.11 bits per heavy atom. The summed E-state index contributed by atoms with van der Waals surface area (Å²) in [5.74, 6) is 0.280. The fourth-order valence-electron chi connectivity index (χ4n) is 1.17. The summed E-state index contributed by atoms with van der Waals surface area (Å²) in [6.07, 6.45) is 1.56. The molecule has 0 saturated heterocycles. The van der Waals surface area contributed by atoms with Crippen LogP contribution < -0.4 is 11.2 Å². The molecule has 2 aromatic rings. The fourth-order valence-corrected chi connectivity index (χ4v) is 2.06. The second-order valence-corrected chi connectivity index (χ2v) is 4.96. The summed E-state index contributed by atoms with van der Waals surface area (Å²) in [7, 11) is 0. The van der Waals surface area contributed by atoms with E-state index in [9.17, 15) is 4.79 Å². The highest BCUT2D eigenvalue weighted by molar-refractivity contribution is 9.10. The largest absolute Gasteiger partial charge is 0.448 e. The Bertz CT molecular complexity index is 578. The third kappa shape index (κ3) is 3.67. The Morgan fingerprint density at radius 2 is 2.50 bits per heavy atom. The molecule has 0 aliphatic heterocycles. The molecule has 6 nitrogen and oxygen atoms in total. The van der Waals surface area contributed by atoms with Gasteiger partial charge in [0.1, 0.15) is 5.76 Å². The van der Waals surface area contributed by atoms with Crippen LogP contribution in [0.3, 0.4) is 0 Å². The number of nitrogens with zero attached hydrogens (tertiary/aromatic N) is 2. The molecule has 0 radical (unpaired) electrons. The van der Waals surface area contributed by atoms with Gasteiger partial charge in [-0.05, 0) is 28.1 Å². The first-order chi connectivity index (χ1) is 8.63. The standard InChI is InChI=1S/C10H9BrN4O2S/c11-8-2-1-7(17-8)4-13-15-9(16)3-6-5-18-10(12)14-6/h1-2,4-5H,3H2,(H2,12,14)(H,15,16)/b13-4+. The number of nitrogens with one attached hydrogen (secondary N) is 1. The van der Waals surface area contributed by atoms with Gasteiger partial charge in [-0.3, -0.25) is 4.79 Å². The third-order valence-electron chi connectivity index (χ3n) is 1.89. The van der Waals surface area contributed by atoms with Gasteiger partial charge in [0.25, 0.3) is 0 Å². The monoisotopic (exact) mass is 328 g/mol. The van der Waals surface area contributed by atoms with Gasteiger partial charge < -0.3 is 10.2 Å². The van der Waals surface area contributed by atoms with Crippen LogP contribution in [-0.4, -0.2) is 17.1 Å². The summed E-state index contributed by atoms with van der Waals surface area (Å²) < 4.78 is 5.78. The number of furan rings is 1. The van der Waals surface area contributed by atoms with E-state index in [1.165, 1.54) is 17.6 Å². The van der Waals surface area contributed by atoms with Gasteiger partial charge in [-0.1, -0.05) is 0 Å². The molecule has 2 heterocycles. The number of rotatable bonds is 4. The van der Waals surface area contributed by atoms with Gasteiger partial charge in [0.05, 0.1) is 18.3 Å². The Labute approximate surface area is 115 Å². The number of hydrazone groups is 1. The molecule has 8 heteroatoms. The van der Waals surface area contributed by atoms with Crippen LogP contribution in [0.25, 0.3) is 0 Å². The van der Waals surface area contributed by atoms with Crippen molar-refractivity contribution in [1.82, 2.24) is 10.4 Å². The van der Waals surface area contributed by atoms with Crippen LogP contribution in [0, 0.1) is 0 Å². The number of hydrogen-bond acceptors (Lipinski definition) is 6. The molecule has 3 N–H and O–H groups in total. The van der Waals surface area contributed by atoms with Gasteiger partial charge in [0, 0.05) is 5.38 Å². The van der Waals surface area contributed by atoms with Crippen LogP contribution in [0.15, 0.2) is 31.7 Å². The number of nitrogen functional groups attached to an aromatic ring is 1. The minimum absolute atomic E-state index is 0.146. The highest BCUT2D eigenvalue weighted by Crippen LogP contribution is 2.12. The Hall–Kier alpha value is -1.67. The molecular formula is C10H9BrN4O2S. The van der Waals surface area contributed by atoms with E-state index in [2.05, 4.69) is 31.4 Å². The average Bonchev–Trinajstić information content (AvgIpc) is 2.88. The molecule has 2 aromatic heterocycles. The highest BCUT2D eigenvalue weighted by Gasteiger charge is 2.05. The molecule has 18 heavy (non-hydrogen) atoms. The topological polar surface area (TPSA) is 93.5 Å². The zero-order chi connectivity index (χ0) is 13.0. The van der Waals surface area contributed by atoms with Crippen LogP contribution in [0.2, 0.25) is 0 Å². The van der Waals surface area contributed by atoms with Crippen molar-refractivity contribution in [2.75, 3.05) is 5.73 Å². The predicted molar refractivity (Wildman–Crippen MR) is 72.4 cm³/mol. The number of nitrogens with two attached hydrogens (primary N) is 1. The fraction of sp³-hybridized carbons (Fsp3) is 0.100. The zero-order valence-corrected chi connectivity index (χ0v) is 11.5. The molecule has 2 rings (SSSR count). The predicted octanol–water partition coefficient (Wildman–Crippen LogP) is 1.77. The lowest BCUT2D eigenvalue weighted by atomic mass is 10.3. The number of halogens is 1.